The Morgan fingerprint density at radius 3 is 2.54 bits per heavy atom. The molecular formula is C19H15Br2N3O4. The normalized spacial score (nSPS) is 18.7. The van der Waals surface area contributed by atoms with Crippen LogP contribution in [-0.2, 0) is 11.3 Å². The Bertz CT molecular complexity index is 993. The largest absolute Gasteiger partial charge is 0.327 e. The number of carbonyl (C=O) groups is 2. The van der Waals surface area contributed by atoms with Gasteiger partial charge in [0.05, 0.1) is 22.7 Å². The highest BCUT2D eigenvalue weighted by Crippen LogP contribution is 2.40. The molecule has 2 aromatic carbocycles. The van der Waals surface area contributed by atoms with Crippen LogP contribution in [0.3, 0.4) is 0 Å². The molecule has 1 fully saturated rings. The zero-order valence-corrected chi connectivity index (χ0v) is 17.8. The summed E-state index contributed by atoms with van der Waals surface area (Å²) in [5.41, 5.74) is 1.74. The summed E-state index contributed by atoms with van der Waals surface area (Å²) in [5.74, 6) is -0.287. The molecule has 7 nitrogen and oxygen atoms in total. The minimum absolute atomic E-state index is 0.00593. The van der Waals surface area contributed by atoms with E-state index in [9.17, 15) is 19.7 Å². The summed E-state index contributed by atoms with van der Waals surface area (Å²) in [4.78, 5) is 40.1. The number of anilines is 1. The maximum absolute atomic E-state index is 13.3. The Kier molecular flexibility index (Phi) is 4.96. The summed E-state index contributed by atoms with van der Waals surface area (Å²) >= 11 is 6.93. The second kappa shape index (κ2) is 7.29. The van der Waals surface area contributed by atoms with Gasteiger partial charge in [-0.1, -0.05) is 28.1 Å². The number of hydrogen-bond acceptors (Lipinski definition) is 4. The predicted octanol–water partition coefficient (Wildman–Crippen LogP) is 4.27. The number of amides is 2. The third-order valence-electron chi connectivity index (χ3n) is 5.08. The molecule has 0 unspecified atom stereocenters. The van der Waals surface area contributed by atoms with Gasteiger partial charge in [0.15, 0.2) is 0 Å². The first-order valence-corrected chi connectivity index (χ1v) is 10.3. The smallest absolute Gasteiger partial charge is 0.269 e. The topological polar surface area (TPSA) is 83.8 Å². The molecule has 28 heavy (non-hydrogen) atoms. The third kappa shape index (κ3) is 3.22. The zero-order valence-electron chi connectivity index (χ0n) is 14.6. The molecule has 4 rings (SSSR count). The summed E-state index contributed by atoms with van der Waals surface area (Å²) in [5, 5.41) is 10.9. The molecule has 2 heterocycles. The van der Waals surface area contributed by atoms with Crippen molar-refractivity contribution in [3.63, 3.8) is 0 Å². The fourth-order valence-electron chi connectivity index (χ4n) is 3.78. The second-order valence-corrected chi connectivity index (χ2v) is 8.56. The van der Waals surface area contributed by atoms with Crippen molar-refractivity contribution in [3.05, 3.63) is 66.6 Å². The van der Waals surface area contributed by atoms with E-state index in [0.29, 0.717) is 28.7 Å². The zero-order chi connectivity index (χ0) is 20.0. The number of fused-ring (bicyclic) bond motifs is 2. The van der Waals surface area contributed by atoms with Crippen LogP contribution < -0.4 is 4.90 Å². The molecule has 0 aromatic heterocycles. The van der Waals surface area contributed by atoms with Gasteiger partial charge in [-0.2, -0.15) is 0 Å². The Morgan fingerprint density at radius 2 is 1.86 bits per heavy atom. The lowest BCUT2D eigenvalue weighted by atomic mass is 10.1. The van der Waals surface area contributed by atoms with Crippen molar-refractivity contribution in [2.24, 2.45) is 0 Å². The van der Waals surface area contributed by atoms with E-state index in [1.54, 1.807) is 34.1 Å². The lowest BCUT2D eigenvalue weighted by Gasteiger charge is -2.26. The van der Waals surface area contributed by atoms with Gasteiger partial charge in [-0.3, -0.25) is 19.7 Å². The highest BCUT2D eigenvalue weighted by Gasteiger charge is 2.42. The SMILES string of the molecule is O=C1[C@@H]2CCCN2C(=O)c2cc(Br)cc(Br)c2N1Cc1ccc([N+](=O)[O-])cc1. The molecule has 2 aliphatic heterocycles. The Morgan fingerprint density at radius 1 is 1.14 bits per heavy atom. The van der Waals surface area contributed by atoms with Gasteiger partial charge in [0.1, 0.15) is 6.04 Å². The molecule has 2 aliphatic rings. The highest BCUT2D eigenvalue weighted by molar-refractivity contribution is 9.11. The summed E-state index contributed by atoms with van der Waals surface area (Å²) in [6.45, 7) is 0.784. The molecule has 0 saturated carbocycles. The number of non-ortho nitro benzene ring substituents is 1. The van der Waals surface area contributed by atoms with Gasteiger partial charge in [0.25, 0.3) is 11.6 Å². The molecular weight excluding hydrogens is 494 g/mol. The fraction of sp³-hybridized carbons (Fsp3) is 0.263. The van der Waals surface area contributed by atoms with E-state index in [1.165, 1.54) is 12.1 Å². The van der Waals surface area contributed by atoms with Gasteiger partial charge in [-0.25, -0.2) is 0 Å². The summed E-state index contributed by atoms with van der Waals surface area (Å²) in [6.07, 6.45) is 1.42. The van der Waals surface area contributed by atoms with Crippen LogP contribution >= 0.6 is 31.9 Å². The number of carbonyl (C=O) groups excluding carboxylic acids is 2. The molecule has 0 spiro atoms. The first-order valence-electron chi connectivity index (χ1n) is 8.71. The number of hydrogen-bond donors (Lipinski definition) is 0. The molecule has 0 N–H and O–H groups in total. The van der Waals surface area contributed by atoms with Crippen LogP contribution in [0, 0.1) is 10.1 Å². The van der Waals surface area contributed by atoms with Gasteiger partial charge in [0.2, 0.25) is 5.91 Å². The van der Waals surface area contributed by atoms with Crippen molar-refractivity contribution >= 4 is 55.0 Å². The van der Waals surface area contributed by atoms with E-state index in [-0.39, 0.29) is 24.0 Å². The minimum atomic E-state index is -0.483. The average molecular weight is 509 g/mol. The first kappa shape index (κ1) is 19.1. The van der Waals surface area contributed by atoms with E-state index < -0.39 is 11.0 Å². The highest BCUT2D eigenvalue weighted by atomic mass is 79.9. The second-order valence-electron chi connectivity index (χ2n) is 6.79. The molecule has 2 amide bonds. The van der Waals surface area contributed by atoms with Crippen LogP contribution in [0.15, 0.2) is 45.3 Å². The van der Waals surface area contributed by atoms with E-state index in [4.69, 9.17) is 0 Å². The molecule has 9 heteroatoms. The van der Waals surface area contributed by atoms with Gasteiger partial charge in [-0.05, 0) is 46.5 Å². The van der Waals surface area contributed by atoms with Crippen LogP contribution in [-0.4, -0.2) is 34.2 Å². The number of rotatable bonds is 3. The van der Waals surface area contributed by atoms with Gasteiger partial charge >= 0.3 is 0 Å². The fourth-order valence-corrected chi connectivity index (χ4v) is 5.22. The van der Waals surface area contributed by atoms with Crippen molar-refractivity contribution in [2.45, 2.75) is 25.4 Å². The molecule has 0 bridgehead atoms. The van der Waals surface area contributed by atoms with Crippen LogP contribution in [0.25, 0.3) is 0 Å². The number of benzene rings is 2. The first-order chi connectivity index (χ1) is 13.4. The maximum Gasteiger partial charge on any atom is 0.269 e. The van der Waals surface area contributed by atoms with Crippen LogP contribution in [0.2, 0.25) is 0 Å². The molecule has 1 saturated heterocycles. The van der Waals surface area contributed by atoms with Gasteiger partial charge < -0.3 is 9.80 Å². The third-order valence-corrected chi connectivity index (χ3v) is 6.14. The monoisotopic (exact) mass is 507 g/mol. The van der Waals surface area contributed by atoms with Crippen molar-refractivity contribution < 1.29 is 14.5 Å². The molecule has 0 aliphatic carbocycles. The van der Waals surface area contributed by atoms with Crippen LogP contribution in [0.1, 0.15) is 28.8 Å². The minimum Gasteiger partial charge on any atom is -0.327 e. The van der Waals surface area contributed by atoms with Crippen LogP contribution in [0.4, 0.5) is 11.4 Å². The molecule has 2 aromatic rings. The van der Waals surface area contributed by atoms with Gasteiger partial charge in [0, 0.05) is 27.6 Å². The number of nitrogens with zero attached hydrogens (tertiary/aromatic N) is 3. The standard InChI is InChI=1S/C19H15Br2N3O4/c20-12-8-14-17(15(21)9-12)23(10-11-3-5-13(6-4-11)24(27)28)19(26)16-2-1-7-22(16)18(14)25/h3-6,8-9,16H,1-2,7,10H2/t16-/m0/s1. The number of halogens is 2. The average Bonchev–Trinajstić information content (AvgIpc) is 3.12. The lowest BCUT2D eigenvalue weighted by molar-refractivity contribution is -0.384. The Balaban J connectivity index is 1.80. The Labute approximate surface area is 177 Å². The van der Waals surface area contributed by atoms with Crippen LogP contribution in [0.5, 0.6) is 0 Å². The van der Waals surface area contributed by atoms with Crippen molar-refractivity contribution in [1.29, 1.82) is 0 Å². The Hall–Kier alpha value is -2.26. The van der Waals surface area contributed by atoms with E-state index in [2.05, 4.69) is 31.9 Å². The summed E-state index contributed by atoms with van der Waals surface area (Å²) < 4.78 is 1.38. The number of nitro groups is 1. The quantitative estimate of drug-likeness (QED) is 0.457. The molecule has 0 radical (unpaired) electrons. The summed E-state index contributed by atoms with van der Waals surface area (Å²) in [7, 11) is 0. The number of nitro benzene ring substituents is 1. The van der Waals surface area contributed by atoms with E-state index >= 15 is 0 Å². The van der Waals surface area contributed by atoms with Gasteiger partial charge in [-0.15, -0.1) is 0 Å². The van der Waals surface area contributed by atoms with E-state index in [0.717, 1.165) is 16.5 Å². The maximum atomic E-state index is 13.3. The van der Waals surface area contributed by atoms with Crippen molar-refractivity contribution in [3.8, 4) is 0 Å². The molecule has 1 atom stereocenters. The predicted molar refractivity (Wildman–Crippen MR) is 110 cm³/mol. The van der Waals surface area contributed by atoms with E-state index in [1.807, 2.05) is 0 Å². The van der Waals surface area contributed by atoms with Crippen molar-refractivity contribution in [1.82, 2.24) is 4.90 Å². The molecule has 144 valence electrons. The summed E-state index contributed by atoms with van der Waals surface area (Å²) in [6, 6.07) is 9.17. The van der Waals surface area contributed by atoms with Crippen molar-refractivity contribution in [2.75, 3.05) is 11.4 Å². The lowest BCUT2D eigenvalue weighted by Crippen LogP contribution is -2.44.